The van der Waals surface area contributed by atoms with Crippen LogP contribution in [0.3, 0.4) is 0 Å². The van der Waals surface area contributed by atoms with Crippen LogP contribution in [0.5, 0.6) is 11.5 Å². The van der Waals surface area contributed by atoms with Crippen LogP contribution in [0.2, 0.25) is 0 Å². The number of thiazole rings is 1. The summed E-state index contributed by atoms with van der Waals surface area (Å²) in [7, 11) is 1.68. The molecule has 1 aliphatic rings. The van der Waals surface area contributed by atoms with Crippen molar-refractivity contribution in [3.63, 3.8) is 0 Å². The Hall–Kier alpha value is -2.41. The van der Waals surface area contributed by atoms with Crippen molar-refractivity contribution in [2.75, 3.05) is 13.7 Å². The standard InChI is InChI=1S/C21H17N3O2S.2ClH/c1-25-17-2-3-19-14(9-17)8-16(12-26-19)20-24-18-10-15(11-23-21(18)27-20)13-4-6-22-7-5-13;;/h2-7,9-11,16H,8,12H2,1H3;2*1H. The molecule has 5 rings (SSSR count). The lowest BCUT2D eigenvalue weighted by Crippen LogP contribution is -2.19. The Kier molecular flexibility index (Phi) is 6.57. The van der Waals surface area contributed by atoms with E-state index in [0.29, 0.717) is 6.61 Å². The molecule has 8 heteroatoms. The van der Waals surface area contributed by atoms with Crippen LogP contribution in [-0.2, 0) is 6.42 Å². The van der Waals surface area contributed by atoms with E-state index in [1.807, 2.05) is 30.5 Å². The minimum absolute atomic E-state index is 0. The molecule has 0 saturated carbocycles. The molecule has 150 valence electrons. The van der Waals surface area contributed by atoms with E-state index in [9.17, 15) is 0 Å². The number of fused-ring (bicyclic) bond motifs is 2. The van der Waals surface area contributed by atoms with Crippen LogP contribution < -0.4 is 9.47 Å². The van der Waals surface area contributed by atoms with Crippen LogP contribution in [-0.4, -0.2) is 28.7 Å². The topological polar surface area (TPSA) is 57.1 Å². The minimum atomic E-state index is 0. The molecule has 1 atom stereocenters. The van der Waals surface area contributed by atoms with E-state index in [-0.39, 0.29) is 30.7 Å². The van der Waals surface area contributed by atoms with Crippen molar-refractivity contribution in [1.82, 2.24) is 15.0 Å². The third kappa shape index (κ3) is 4.15. The zero-order valence-corrected chi connectivity index (χ0v) is 18.0. The highest BCUT2D eigenvalue weighted by Crippen LogP contribution is 2.37. The summed E-state index contributed by atoms with van der Waals surface area (Å²) in [5.74, 6) is 2.02. The van der Waals surface area contributed by atoms with Crippen molar-refractivity contribution < 1.29 is 9.47 Å². The van der Waals surface area contributed by atoms with E-state index in [1.54, 1.807) is 30.8 Å². The number of pyridine rings is 2. The number of hydrogen-bond donors (Lipinski definition) is 0. The molecule has 3 aromatic heterocycles. The number of nitrogens with zero attached hydrogens (tertiary/aromatic N) is 3. The predicted molar refractivity (Wildman–Crippen MR) is 120 cm³/mol. The molecule has 0 N–H and O–H groups in total. The summed E-state index contributed by atoms with van der Waals surface area (Å²) < 4.78 is 11.3. The lowest BCUT2D eigenvalue weighted by molar-refractivity contribution is 0.261. The maximum atomic E-state index is 5.96. The first kappa shape index (κ1) is 21.3. The molecule has 0 fully saturated rings. The van der Waals surface area contributed by atoms with Crippen LogP contribution in [0, 0.1) is 0 Å². The van der Waals surface area contributed by atoms with Crippen LogP contribution in [0.4, 0.5) is 0 Å². The van der Waals surface area contributed by atoms with Gasteiger partial charge in [0.05, 0.1) is 13.7 Å². The molecule has 0 saturated heterocycles. The molecule has 0 aliphatic carbocycles. The second-order valence-electron chi connectivity index (χ2n) is 6.52. The molecule has 1 aromatic carbocycles. The summed E-state index contributed by atoms with van der Waals surface area (Å²) in [6.45, 7) is 0.635. The van der Waals surface area contributed by atoms with Crippen molar-refractivity contribution >= 4 is 46.5 Å². The second kappa shape index (κ2) is 8.95. The summed E-state index contributed by atoms with van der Waals surface area (Å²) in [5.41, 5.74) is 4.24. The number of halogens is 2. The molecular formula is C21H19Cl2N3O2S. The molecule has 0 amide bonds. The molecule has 1 unspecified atom stereocenters. The van der Waals surface area contributed by atoms with Gasteiger partial charge in [0.25, 0.3) is 0 Å². The summed E-state index contributed by atoms with van der Waals surface area (Å²) in [5, 5.41) is 1.07. The summed E-state index contributed by atoms with van der Waals surface area (Å²) in [6.07, 6.45) is 6.37. The van der Waals surface area contributed by atoms with Crippen molar-refractivity contribution in [1.29, 1.82) is 0 Å². The highest BCUT2D eigenvalue weighted by atomic mass is 35.5. The zero-order valence-electron chi connectivity index (χ0n) is 15.6. The van der Waals surface area contributed by atoms with E-state index < -0.39 is 0 Å². The second-order valence-corrected chi connectivity index (χ2v) is 7.53. The van der Waals surface area contributed by atoms with Gasteiger partial charge in [-0.05, 0) is 53.9 Å². The average molecular weight is 448 g/mol. The van der Waals surface area contributed by atoms with Crippen LogP contribution >= 0.6 is 36.2 Å². The fraction of sp³-hybridized carbons (Fsp3) is 0.190. The fourth-order valence-corrected chi connectivity index (χ4v) is 4.35. The Morgan fingerprint density at radius 1 is 1.07 bits per heavy atom. The molecule has 5 nitrogen and oxygen atoms in total. The molecule has 29 heavy (non-hydrogen) atoms. The third-order valence-corrected chi connectivity index (χ3v) is 5.94. The predicted octanol–water partition coefficient (Wildman–Crippen LogP) is 5.32. The summed E-state index contributed by atoms with van der Waals surface area (Å²) in [6, 6.07) is 12.0. The summed E-state index contributed by atoms with van der Waals surface area (Å²) >= 11 is 1.65. The van der Waals surface area contributed by atoms with Gasteiger partial charge in [-0.25, -0.2) is 9.97 Å². The van der Waals surface area contributed by atoms with Gasteiger partial charge in [0, 0.05) is 30.1 Å². The van der Waals surface area contributed by atoms with E-state index in [2.05, 4.69) is 22.1 Å². The van der Waals surface area contributed by atoms with Crippen molar-refractivity contribution in [2.24, 2.45) is 0 Å². The van der Waals surface area contributed by atoms with E-state index >= 15 is 0 Å². The normalized spacial score (nSPS) is 14.9. The number of benzene rings is 1. The molecular weight excluding hydrogens is 429 g/mol. The van der Waals surface area contributed by atoms with Gasteiger partial charge in [0.1, 0.15) is 26.9 Å². The number of hydrogen-bond acceptors (Lipinski definition) is 6. The molecule has 1 aliphatic heterocycles. The lowest BCUT2D eigenvalue weighted by Gasteiger charge is -2.24. The maximum Gasteiger partial charge on any atom is 0.143 e. The number of ether oxygens (including phenoxy) is 2. The van der Waals surface area contributed by atoms with E-state index in [1.165, 1.54) is 0 Å². The molecule has 0 spiro atoms. The van der Waals surface area contributed by atoms with Crippen LogP contribution in [0.1, 0.15) is 16.5 Å². The van der Waals surface area contributed by atoms with E-state index in [4.69, 9.17) is 14.5 Å². The largest absolute Gasteiger partial charge is 0.497 e. The number of aromatic nitrogens is 3. The van der Waals surface area contributed by atoms with Gasteiger partial charge in [0.15, 0.2) is 0 Å². The van der Waals surface area contributed by atoms with Crippen LogP contribution in [0.15, 0.2) is 55.0 Å². The van der Waals surface area contributed by atoms with Gasteiger partial charge in [0.2, 0.25) is 0 Å². The number of methoxy groups -OCH3 is 1. The minimum Gasteiger partial charge on any atom is -0.497 e. The number of rotatable bonds is 3. The van der Waals surface area contributed by atoms with Crippen LogP contribution in [0.25, 0.3) is 21.5 Å². The Bertz CT molecular complexity index is 1120. The first-order valence-electron chi connectivity index (χ1n) is 8.77. The monoisotopic (exact) mass is 447 g/mol. The van der Waals surface area contributed by atoms with E-state index in [0.717, 1.165) is 50.0 Å². The quantitative estimate of drug-likeness (QED) is 0.424. The molecule has 0 radical (unpaired) electrons. The fourth-order valence-electron chi connectivity index (χ4n) is 3.37. The van der Waals surface area contributed by atoms with Gasteiger partial charge < -0.3 is 9.47 Å². The molecule has 4 heterocycles. The SMILES string of the molecule is COc1ccc2c(c1)CC(c1nc3cc(-c4ccncc4)cnc3s1)CO2.Cl.Cl. The summed E-state index contributed by atoms with van der Waals surface area (Å²) in [4.78, 5) is 14.5. The Labute approximate surface area is 185 Å². The van der Waals surface area contributed by atoms with Gasteiger partial charge in [-0.15, -0.1) is 24.8 Å². The van der Waals surface area contributed by atoms with Crippen molar-refractivity contribution in [3.8, 4) is 22.6 Å². The van der Waals surface area contributed by atoms with Crippen molar-refractivity contribution in [2.45, 2.75) is 12.3 Å². The van der Waals surface area contributed by atoms with Gasteiger partial charge >= 0.3 is 0 Å². The van der Waals surface area contributed by atoms with Crippen molar-refractivity contribution in [3.05, 3.63) is 65.6 Å². The first-order valence-corrected chi connectivity index (χ1v) is 9.58. The lowest BCUT2D eigenvalue weighted by atomic mass is 9.97. The highest BCUT2D eigenvalue weighted by molar-refractivity contribution is 7.18. The Morgan fingerprint density at radius 2 is 1.90 bits per heavy atom. The average Bonchev–Trinajstić information content (AvgIpc) is 3.17. The molecule has 4 aromatic rings. The first-order chi connectivity index (χ1) is 13.3. The smallest absolute Gasteiger partial charge is 0.143 e. The third-order valence-electron chi connectivity index (χ3n) is 4.80. The molecule has 0 bridgehead atoms. The Morgan fingerprint density at radius 3 is 2.69 bits per heavy atom. The van der Waals surface area contributed by atoms with Gasteiger partial charge in [-0.3, -0.25) is 4.98 Å². The maximum absolute atomic E-state index is 5.96. The highest BCUT2D eigenvalue weighted by Gasteiger charge is 2.25. The Balaban J connectivity index is 0.00000120. The van der Waals surface area contributed by atoms with Gasteiger partial charge in [-0.1, -0.05) is 11.3 Å². The van der Waals surface area contributed by atoms with Gasteiger partial charge in [-0.2, -0.15) is 0 Å². The zero-order chi connectivity index (χ0) is 18.2.